The van der Waals surface area contributed by atoms with Crippen molar-refractivity contribution in [1.29, 1.82) is 5.26 Å². The normalized spacial score (nSPS) is 10.3. The van der Waals surface area contributed by atoms with E-state index in [2.05, 4.69) is 25.9 Å². The van der Waals surface area contributed by atoms with E-state index >= 15 is 0 Å². The molecule has 0 fully saturated rings. The number of aromatic nitrogens is 2. The second-order valence-electron chi connectivity index (χ2n) is 5.59. The van der Waals surface area contributed by atoms with E-state index in [-0.39, 0.29) is 17.3 Å². The van der Waals surface area contributed by atoms with E-state index in [0.717, 1.165) is 10.0 Å². The Morgan fingerprint density at radius 1 is 1.11 bits per heavy atom. The van der Waals surface area contributed by atoms with Crippen molar-refractivity contribution in [2.24, 2.45) is 0 Å². The Morgan fingerprint density at radius 2 is 1.93 bits per heavy atom. The first kappa shape index (κ1) is 18.5. The van der Waals surface area contributed by atoms with Gasteiger partial charge in [0.1, 0.15) is 24.1 Å². The molecule has 0 aliphatic carbocycles. The van der Waals surface area contributed by atoms with Crippen LogP contribution in [0.1, 0.15) is 11.1 Å². The largest absolute Gasteiger partial charge is 0.493 e. The van der Waals surface area contributed by atoms with Gasteiger partial charge in [-0.3, -0.25) is 0 Å². The number of nitrogens with two attached hydrogens (primary N) is 2. The van der Waals surface area contributed by atoms with Crippen LogP contribution in [-0.2, 0) is 6.61 Å². The van der Waals surface area contributed by atoms with Crippen LogP contribution in [0, 0.1) is 11.3 Å². The Hall–Kier alpha value is -3.31. The molecule has 0 aliphatic rings. The molecule has 0 bridgehead atoms. The first-order valence-corrected chi connectivity index (χ1v) is 8.70. The second kappa shape index (κ2) is 7.93. The first-order chi connectivity index (χ1) is 13.0. The molecule has 7 nitrogen and oxygen atoms in total. The topological polar surface area (TPSA) is 120 Å². The summed E-state index contributed by atoms with van der Waals surface area (Å²) < 4.78 is 12.3. The van der Waals surface area contributed by atoms with E-state index in [1.54, 1.807) is 25.3 Å². The molecule has 4 N–H and O–H groups in total. The van der Waals surface area contributed by atoms with E-state index in [1.165, 1.54) is 0 Å². The fourth-order valence-electron chi connectivity index (χ4n) is 2.54. The summed E-state index contributed by atoms with van der Waals surface area (Å²) in [7, 11) is 1.56. The van der Waals surface area contributed by atoms with Crippen molar-refractivity contribution in [3.05, 3.63) is 58.1 Å². The lowest BCUT2D eigenvalue weighted by atomic mass is 10.1. The Balaban J connectivity index is 1.98. The molecule has 0 amide bonds. The molecule has 0 unspecified atom stereocenters. The highest BCUT2D eigenvalue weighted by Gasteiger charge is 2.16. The molecular weight excluding hydrogens is 410 g/mol. The van der Waals surface area contributed by atoms with Crippen LogP contribution in [0.3, 0.4) is 0 Å². The number of anilines is 2. The second-order valence-corrected chi connectivity index (χ2v) is 6.50. The minimum Gasteiger partial charge on any atom is -0.493 e. The van der Waals surface area contributed by atoms with Gasteiger partial charge in [-0.25, -0.2) is 4.98 Å². The molecule has 0 saturated heterocycles. The Bertz CT molecular complexity index is 1030. The smallest absolute Gasteiger partial charge is 0.222 e. The standard InChI is InChI=1S/C19H16BrN5O2/c1-26-15-6-5-12(17-14(9-21)18(22)25-19(23)24-17)8-16(15)27-10-11-3-2-4-13(20)7-11/h2-8H,10H2,1H3,(H4,22,23,24,25). The zero-order valence-electron chi connectivity index (χ0n) is 14.4. The average Bonchev–Trinajstić information content (AvgIpc) is 2.65. The fourth-order valence-corrected chi connectivity index (χ4v) is 2.99. The van der Waals surface area contributed by atoms with Gasteiger partial charge in [0.25, 0.3) is 0 Å². The van der Waals surface area contributed by atoms with Gasteiger partial charge in [-0.2, -0.15) is 10.2 Å². The summed E-state index contributed by atoms with van der Waals surface area (Å²) in [5, 5.41) is 9.39. The average molecular weight is 426 g/mol. The van der Waals surface area contributed by atoms with Crippen molar-refractivity contribution < 1.29 is 9.47 Å². The van der Waals surface area contributed by atoms with Crippen LogP contribution in [0.4, 0.5) is 11.8 Å². The maximum atomic E-state index is 9.39. The van der Waals surface area contributed by atoms with E-state index in [4.69, 9.17) is 20.9 Å². The number of hydrogen-bond acceptors (Lipinski definition) is 7. The van der Waals surface area contributed by atoms with Gasteiger partial charge in [0, 0.05) is 10.0 Å². The van der Waals surface area contributed by atoms with Gasteiger partial charge in [0.2, 0.25) is 5.95 Å². The van der Waals surface area contributed by atoms with E-state index in [9.17, 15) is 5.26 Å². The van der Waals surface area contributed by atoms with Gasteiger partial charge in [-0.05, 0) is 35.9 Å². The number of ether oxygens (including phenoxy) is 2. The number of benzene rings is 2. The van der Waals surface area contributed by atoms with Gasteiger partial charge in [0.05, 0.1) is 12.8 Å². The molecule has 0 atom stereocenters. The molecule has 27 heavy (non-hydrogen) atoms. The number of rotatable bonds is 5. The molecule has 8 heteroatoms. The van der Waals surface area contributed by atoms with Crippen molar-refractivity contribution >= 4 is 27.7 Å². The number of hydrogen-bond donors (Lipinski definition) is 2. The maximum absolute atomic E-state index is 9.39. The summed E-state index contributed by atoms with van der Waals surface area (Å²) in [5.74, 6) is 1.10. The van der Waals surface area contributed by atoms with Crippen LogP contribution in [-0.4, -0.2) is 17.1 Å². The third kappa shape index (κ3) is 4.10. The summed E-state index contributed by atoms with van der Waals surface area (Å²) in [5.41, 5.74) is 13.6. The number of nitriles is 1. The molecule has 0 radical (unpaired) electrons. The van der Waals surface area contributed by atoms with Gasteiger partial charge in [-0.1, -0.05) is 28.1 Å². The Kier molecular flexibility index (Phi) is 5.43. The highest BCUT2D eigenvalue weighted by molar-refractivity contribution is 9.10. The van der Waals surface area contributed by atoms with Gasteiger partial charge >= 0.3 is 0 Å². The van der Waals surface area contributed by atoms with Crippen molar-refractivity contribution in [3.8, 4) is 28.8 Å². The SMILES string of the molecule is COc1ccc(-c2nc(N)nc(N)c2C#N)cc1OCc1cccc(Br)c1. The molecule has 2 aromatic carbocycles. The van der Waals surface area contributed by atoms with Gasteiger partial charge < -0.3 is 20.9 Å². The number of methoxy groups -OCH3 is 1. The predicted octanol–water partition coefficient (Wildman–Crippen LogP) is 3.53. The number of nitrogens with zero attached hydrogens (tertiary/aromatic N) is 3. The van der Waals surface area contributed by atoms with Crippen molar-refractivity contribution in [3.63, 3.8) is 0 Å². The van der Waals surface area contributed by atoms with E-state index < -0.39 is 0 Å². The maximum Gasteiger partial charge on any atom is 0.222 e. The summed E-state index contributed by atoms with van der Waals surface area (Å²) >= 11 is 3.44. The molecule has 0 aliphatic heterocycles. The third-order valence-electron chi connectivity index (χ3n) is 3.79. The molecule has 1 heterocycles. The minimum atomic E-state index is -0.00563. The minimum absolute atomic E-state index is 0.00563. The number of halogens is 1. The monoisotopic (exact) mass is 425 g/mol. The van der Waals surface area contributed by atoms with Crippen LogP contribution < -0.4 is 20.9 Å². The van der Waals surface area contributed by atoms with Crippen LogP contribution >= 0.6 is 15.9 Å². The highest BCUT2D eigenvalue weighted by Crippen LogP contribution is 2.34. The number of nitrogen functional groups attached to an aromatic ring is 2. The van der Waals surface area contributed by atoms with E-state index in [1.807, 2.05) is 30.3 Å². The summed E-state index contributed by atoms with van der Waals surface area (Å²) in [6.07, 6.45) is 0. The lowest BCUT2D eigenvalue weighted by Crippen LogP contribution is -2.05. The van der Waals surface area contributed by atoms with Crippen LogP contribution in [0.15, 0.2) is 46.9 Å². The Morgan fingerprint density at radius 3 is 2.63 bits per heavy atom. The van der Waals surface area contributed by atoms with Crippen molar-refractivity contribution in [1.82, 2.24) is 9.97 Å². The third-order valence-corrected chi connectivity index (χ3v) is 4.28. The molecule has 3 aromatic rings. The molecule has 3 rings (SSSR count). The fraction of sp³-hybridized carbons (Fsp3) is 0.105. The van der Waals surface area contributed by atoms with Crippen LogP contribution in [0.2, 0.25) is 0 Å². The first-order valence-electron chi connectivity index (χ1n) is 7.90. The summed E-state index contributed by atoms with van der Waals surface area (Å²) in [4.78, 5) is 8.00. The summed E-state index contributed by atoms with van der Waals surface area (Å²) in [6.45, 7) is 0.346. The zero-order valence-corrected chi connectivity index (χ0v) is 16.0. The predicted molar refractivity (Wildman–Crippen MR) is 106 cm³/mol. The van der Waals surface area contributed by atoms with Crippen LogP contribution in [0.25, 0.3) is 11.3 Å². The van der Waals surface area contributed by atoms with Crippen molar-refractivity contribution in [2.75, 3.05) is 18.6 Å². The lowest BCUT2D eigenvalue weighted by Gasteiger charge is -2.13. The molecule has 0 spiro atoms. The Labute approximate surface area is 164 Å². The zero-order chi connectivity index (χ0) is 19.4. The van der Waals surface area contributed by atoms with E-state index in [0.29, 0.717) is 29.4 Å². The van der Waals surface area contributed by atoms with Crippen LogP contribution in [0.5, 0.6) is 11.5 Å². The molecular formula is C19H16BrN5O2. The molecule has 136 valence electrons. The van der Waals surface area contributed by atoms with Gasteiger partial charge in [0.15, 0.2) is 11.5 Å². The molecule has 0 saturated carbocycles. The molecule has 1 aromatic heterocycles. The quantitative estimate of drug-likeness (QED) is 0.640. The van der Waals surface area contributed by atoms with Gasteiger partial charge in [-0.15, -0.1) is 0 Å². The summed E-state index contributed by atoms with van der Waals surface area (Å²) in [6, 6.07) is 15.1. The van der Waals surface area contributed by atoms with Crippen molar-refractivity contribution in [2.45, 2.75) is 6.61 Å². The lowest BCUT2D eigenvalue weighted by molar-refractivity contribution is 0.284. The highest BCUT2D eigenvalue weighted by atomic mass is 79.9.